The van der Waals surface area contributed by atoms with Crippen molar-refractivity contribution in [2.45, 2.75) is 6.61 Å². The molecule has 0 aliphatic heterocycles. The number of hydrogen-bond acceptors (Lipinski definition) is 4. The first kappa shape index (κ1) is 9.47. The van der Waals surface area contributed by atoms with Crippen molar-refractivity contribution in [1.29, 1.82) is 0 Å². The van der Waals surface area contributed by atoms with Crippen molar-refractivity contribution in [2.24, 2.45) is 5.73 Å². The molecule has 0 unspecified atom stereocenters. The van der Waals surface area contributed by atoms with E-state index in [1.165, 1.54) is 6.20 Å². The van der Waals surface area contributed by atoms with Crippen molar-refractivity contribution < 1.29 is 14.3 Å². The molecule has 5 heteroatoms. The molecule has 13 heavy (non-hydrogen) atoms. The summed E-state index contributed by atoms with van der Waals surface area (Å²) in [4.78, 5) is 14.3. The SMILES string of the molecule is COCc1ccc(OC(N)=O)cn1. The quantitative estimate of drug-likeness (QED) is 0.746. The number of primary amides is 1. The third-order valence-electron chi connectivity index (χ3n) is 1.31. The number of pyridine rings is 1. The van der Waals surface area contributed by atoms with Crippen LogP contribution in [0.2, 0.25) is 0 Å². The predicted octanol–water partition coefficient (Wildman–Crippen LogP) is 0.686. The number of carbonyl (C=O) groups is 1. The second-order valence-corrected chi connectivity index (χ2v) is 2.34. The summed E-state index contributed by atoms with van der Waals surface area (Å²) >= 11 is 0. The van der Waals surface area contributed by atoms with Gasteiger partial charge in [0.25, 0.3) is 0 Å². The molecular weight excluding hydrogens is 172 g/mol. The Bertz CT molecular complexity index is 284. The average Bonchev–Trinajstić information content (AvgIpc) is 2.08. The van der Waals surface area contributed by atoms with Gasteiger partial charge < -0.3 is 15.2 Å². The number of amides is 1. The third-order valence-corrected chi connectivity index (χ3v) is 1.31. The van der Waals surface area contributed by atoms with E-state index >= 15 is 0 Å². The molecule has 1 rings (SSSR count). The van der Waals surface area contributed by atoms with Gasteiger partial charge in [0.05, 0.1) is 18.5 Å². The first-order chi connectivity index (χ1) is 6.22. The van der Waals surface area contributed by atoms with Gasteiger partial charge in [-0.1, -0.05) is 0 Å². The number of ether oxygens (including phenoxy) is 2. The molecule has 0 saturated heterocycles. The van der Waals surface area contributed by atoms with Crippen LogP contribution in [-0.4, -0.2) is 18.2 Å². The lowest BCUT2D eigenvalue weighted by Crippen LogP contribution is -2.16. The van der Waals surface area contributed by atoms with E-state index in [9.17, 15) is 4.79 Å². The van der Waals surface area contributed by atoms with E-state index in [2.05, 4.69) is 9.72 Å². The lowest BCUT2D eigenvalue weighted by Gasteiger charge is -2.01. The van der Waals surface area contributed by atoms with Gasteiger partial charge >= 0.3 is 6.09 Å². The molecule has 0 radical (unpaired) electrons. The van der Waals surface area contributed by atoms with E-state index in [1.807, 2.05) is 0 Å². The molecule has 70 valence electrons. The Labute approximate surface area is 75.5 Å². The number of methoxy groups -OCH3 is 1. The number of nitrogens with zero attached hydrogens (tertiary/aromatic N) is 1. The molecular formula is C8H10N2O3. The second-order valence-electron chi connectivity index (χ2n) is 2.34. The Morgan fingerprint density at radius 2 is 2.38 bits per heavy atom. The van der Waals surface area contributed by atoms with Crippen LogP contribution in [-0.2, 0) is 11.3 Å². The van der Waals surface area contributed by atoms with Gasteiger partial charge in [-0.05, 0) is 12.1 Å². The minimum Gasteiger partial charge on any atom is -0.409 e. The van der Waals surface area contributed by atoms with Crippen LogP contribution >= 0.6 is 0 Å². The fourth-order valence-electron chi connectivity index (χ4n) is 0.821. The van der Waals surface area contributed by atoms with Crippen LogP contribution < -0.4 is 10.5 Å². The van der Waals surface area contributed by atoms with Gasteiger partial charge in [-0.15, -0.1) is 0 Å². The summed E-state index contributed by atoms with van der Waals surface area (Å²) in [5.74, 6) is 0.326. The summed E-state index contributed by atoms with van der Waals surface area (Å²) in [5, 5.41) is 0. The number of hydrogen-bond donors (Lipinski definition) is 1. The molecule has 0 aromatic carbocycles. The molecule has 0 saturated carbocycles. The molecule has 0 atom stereocenters. The van der Waals surface area contributed by atoms with Gasteiger partial charge in [0.1, 0.15) is 0 Å². The standard InChI is InChI=1S/C8H10N2O3/c1-12-5-6-2-3-7(4-10-6)13-8(9)11/h2-4H,5H2,1H3,(H2,9,11). The zero-order valence-corrected chi connectivity index (χ0v) is 7.19. The normalized spacial score (nSPS) is 9.62. The zero-order valence-electron chi connectivity index (χ0n) is 7.19. The summed E-state index contributed by atoms with van der Waals surface area (Å²) in [5.41, 5.74) is 5.57. The Balaban J connectivity index is 2.64. The summed E-state index contributed by atoms with van der Waals surface area (Å²) < 4.78 is 9.44. The van der Waals surface area contributed by atoms with Crippen molar-refractivity contribution in [3.05, 3.63) is 24.0 Å². The summed E-state index contributed by atoms with van der Waals surface area (Å²) in [6.07, 6.45) is 0.570. The molecule has 0 aliphatic rings. The lowest BCUT2D eigenvalue weighted by molar-refractivity contribution is 0.181. The van der Waals surface area contributed by atoms with Gasteiger partial charge in [0, 0.05) is 7.11 Å². The maximum absolute atomic E-state index is 10.3. The number of rotatable bonds is 3. The van der Waals surface area contributed by atoms with Gasteiger partial charge in [0.15, 0.2) is 5.75 Å². The highest BCUT2D eigenvalue weighted by atomic mass is 16.5. The smallest absolute Gasteiger partial charge is 0.409 e. The molecule has 0 aliphatic carbocycles. The maximum atomic E-state index is 10.3. The highest BCUT2D eigenvalue weighted by Gasteiger charge is 1.99. The minimum absolute atomic E-state index is 0.326. The molecule has 0 bridgehead atoms. The van der Waals surface area contributed by atoms with Crippen LogP contribution in [0.3, 0.4) is 0 Å². The van der Waals surface area contributed by atoms with Gasteiger partial charge in [-0.25, -0.2) is 4.79 Å². The molecule has 0 spiro atoms. The van der Waals surface area contributed by atoms with Crippen LogP contribution in [0.15, 0.2) is 18.3 Å². The van der Waals surface area contributed by atoms with E-state index in [-0.39, 0.29) is 0 Å². The first-order valence-electron chi connectivity index (χ1n) is 3.63. The van der Waals surface area contributed by atoms with Gasteiger partial charge in [-0.3, -0.25) is 4.98 Å². The van der Waals surface area contributed by atoms with Crippen LogP contribution in [0.25, 0.3) is 0 Å². The van der Waals surface area contributed by atoms with Crippen molar-refractivity contribution in [3.63, 3.8) is 0 Å². The second kappa shape index (κ2) is 4.42. The highest BCUT2D eigenvalue weighted by Crippen LogP contribution is 2.09. The van der Waals surface area contributed by atoms with Crippen molar-refractivity contribution in [3.8, 4) is 5.75 Å². The molecule has 2 N–H and O–H groups in total. The molecule has 1 aromatic rings. The monoisotopic (exact) mass is 182 g/mol. The maximum Gasteiger partial charge on any atom is 0.410 e. The molecule has 1 heterocycles. The third kappa shape index (κ3) is 3.08. The Morgan fingerprint density at radius 1 is 1.62 bits per heavy atom. The van der Waals surface area contributed by atoms with Crippen LogP contribution in [0.1, 0.15) is 5.69 Å². The van der Waals surface area contributed by atoms with Gasteiger partial charge in [0.2, 0.25) is 0 Å². The fraction of sp³-hybridized carbons (Fsp3) is 0.250. The molecule has 0 fully saturated rings. The van der Waals surface area contributed by atoms with Crippen molar-refractivity contribution >= 4 is 6.09 Å². The van der Waals surface area contributed by atoms with E-state index < -0.39 is 6.09 Å². The fourth-order valence-corrected chi connectivity index (χ4v) is 0.821. The van der Waals surface area contributed by atoms with Crippen molar-refractivity contribution in [1.82, 2.24) is 4.98 Å². The molecule has 5 nitrogen and oxygen atoms in total. The Morgan fingerprint density at radius 3 is 2.85 bits per heavy atom. The number of carbonyl (C=O) groups excluding carboxylic acids is 1. The topological polar surface area (TPSA) is 74.4 Å². The van der Waals surface area contributed by atoms with Crippen LogP contribution in [0.4, 0.5) is 4.79 Å². The van der Waals surface area contributed by atoms with E-state index in [0.29, 0.717) is 12.4 Å². The van der Waals surface area contributed by atoms with Crippen LogP contribution in [0, 0.1) is 0 Å². The summed E-state index contributed by atoms with van der Waals surface area (Å²) in [6.45, 7) is 0.427. The number of nitrogens with two attached hydrogens (primary N) is 1. The van der Waals surface area contributed by atoms with E-state index in [0.717, 1.165) is 5.69 Å². The first-order valence-corrected chi connectivity index (χ1v) is 3.63. The lowest BCUT2D eigenvalue weighted by atomic mass is 10.3. The number of aromatic nitrogens is 1. The van der Waals surface area contributed by atoms with E-state index in [4.69, 9.17) is 10.5 Å². The Kier molecular flexibility index (Phi) is 3.22. The zero-order chi connectivity index (χ0) is 9.68. The largest absolute Gasteiger partial charge is 0.410 e. The van der Waals surface area contributed by atoms with Gasteiger partial charge in [-0.2, -0.15) is 0 Å². The van der Waals surface area contributed by atoms with Crippen LogP contribution in [0.5, 0.6) is 5.75 Å². The predicted molar refractivity (Wildman–Crippen MR) is 45.2 cm³/mol. The average molecular weight is 182 g/mol. The summed E-state index contributed by atoms with van der Waals surface area (Å²) in [7, 11) is 1.58. The summed E-state index contributed by atoms with van der Waals surface area (Å²) in [6, 6.07) is 3.30. The van der Waals surface area contributed by atoms with Crippen molar-refractivity contribution in [2.75, 3.05) is 7.11 Å². The van der Waals surface area contributed by atoms with E-state index in [1.54, 1.807) is 19.2 Å². The molecule has 1 aromatic heterocycles. The molecule has 1 amide bonds. The minimum atomic E-state index is -0.846. The highest BCUT2D eigenvalue weighted by molar-refractivity contribution is 5.67. The Hall–Kier alpha value is -1.62.